The molecule has 1 aromatic carbocycles. The standard InChI is InChI=1S/C16H24N2O3S2/c1-4-6-7-13(5-2)11-17-21-23(19,20)14-8-9-15-16(10-14)22-12(3)18-15/h8-10,13,17H,4-7,11H2,1-3H3. The van der Waals surface area contributed by atoms with Crippen molar-refractivity contribution in [3.8, 4) is 0 Å². The number of aryl methyl sites for hydroxylation is 1. The SMILES string of the molecule is CCCCC(CC)CNOS(=O)(=O)c1ccc2nc(C)sc2c1. The average molecular weight is 357 g/mol. The molecular formula is C16H24N2O3S2. The van der Waals surface area contributed by atoms with Crippen LogP contribution in [0.25, 0.3) is 10.2 Å². The normalized spacial score (nSPS) is 13.5. The maximum Gasteiger partial charge on any atom is 0.312 e. The van der Waals surface area contributed by atoms with E-state index >= 15 is 0 Å². The summed E-state index contributed by atoms with van der Waals surface area (Å²) >= 11 is 1.47. The molecule has 1 atom stereocenters. The van der Waals surface area contributed by atoms with E-state index in [0.717, 1.165) is 40.9 Å². The highest BCUT2D eigenvalue weighted by Crippen LogP contribution is 2.25. The molecule has 1 N–H and O–H groups in total. The second-order valence-electron chi connectivity index (χ2n) is 5.66. The van der Waals surface area contributed by atoms with Crippen LogP contribution in [0.5, 0.6) is 0 Å². The number of aromatic nitrogens is 1. The Bertz CT molecular complexity index is 741. The molecule has 0 radical (unpaired) electrons. The highest BCUT2D eigenvalue weighted by atomic mass is 32.2. The minimum absolute atomic E-state index is 0.155. The molecule has 0 amide bonds. The predicted molar refractivity (Wildman–Crippen MR) is 93.9 cm³/mol. The van der Waals surface area contributed by atoms with E-state index in [0.29, 0.717) is 12.5 Å². The summed E-state index contributed by atoms with van der Waals surface area (Å²) in [7, 11) is -3.80. The van der Waals surface area contributed by atoms with Crippen LogP contribution < -0.4 is 5.48 Å². The Kier molecular flexibility index (Phi) is 6.52. The van der Waals surface area contributed by atoms with Gasteiger partial charge in [0.25, 0.3) is 0 Å². The lowest BCUT2D eigenvalue weighted by molar-refractivity contribution is 0.179. The number of thiazole rings is 1. The summed E-state index contributed by atoms with van der Waals surface area (Å²) in [4.78, 5) is 4.48. The van der Waals surface area contributed by atoms with Gasteiger partial charge in [0.05, 0.1) is 20.1 Å². The lowest BCUT2D eigenvalue weighted by Crippen LogP contribution is -2.26. The van der Waals surface area contributed by atoms with Gasteiger partial charge in [-0.25, -0.2) is 4.98 Å². The van der Waals surface area contributed by atoms with Crippen LogP contribution in [0.2, 0.25) is 0 Å². The van der Waals surface area contributed by atoms with Crippen LogP contribution in [0.4, 0.5) is 0 Å². The Morgan fingerprint density at radius 3 is 2.83 bits per heavy atom. The van der Waals surface area contributed by atoms with Gasteiger partial charge in [-0.05, 0) is 37.5 Å². The second kappa shape index (κ2) is 8.19. The van der Waals surface area contributed by atoms with E-state index in [1.54, 1.807) is 12.1 Å². The van der Waals surface area contributed by atoms with Crippen molar-refractivity contribution in [2.24, 2.45) is 5.92 Å². The number of hydrogen-bond donors (Lipinski definition) is 1. The molecule has 0 aliphatic heterocycles. The summed E-state index contributed by atoms with van der Waals surface area (Å²) in [6.07, 6.45) is 4.37. The van der Waals surface area contributed by atoms with Crippen molar-refractivity contribution < 1.29 is 12.7 Å². The minimum Gasteiger partial charge on any atom is -0.242 e. The molecule has 0 saturated carbocycles. The van der Waals surface area contributed by atoms with Crippen molar-refractivity contribution in [3.05, 3.63) is 23.2 Å². The van der Waals surface area contributed by atoms with Crippen LogP contribution >= 0.6 is 11.3 Å². The number of hydrogen-bond acceptors (Lipinski definition) is 6. The topological polar surface area (TPSA) is 68.3 Å². The highest BCUT2D eigenvalue weighted by Gasteiger charge is 2.17. The predicted octanol–water partition coefficient (Wildman–Crippen LogP) is 4.03. The molecule has 1 aromatic heterocycles. The molecular weight excluding hydrogens is 332 g/mol. The van der Waals surface area contributed by atoms with Crippen molar-refractivity contribution in [3.63, 3.8) is 0 Å². The largest absolute Gasteiger partial charge is 0.312 e. The molecule has 1 unspecified atom stereocenters. The number of nitrogens with one attached hydrogen (secondary N) is 1. The molecule has 128 valence electrons. The second-order valence-corrected chi connectivity index (χ2v) is 8.45. The lowest BCUT2D eigenvalue weighted by atomic mass is 10.00. The minimum atomic E-state index is -3.80. The van der Waals surface area contributed by atoms with E-state index < -0.39 is 10.1 Å². The van der Waals surface area contributed by atoms with E-state index in [9.17, 15) is 8.42 Å². The maximum atomic E-state index is 12.3. The third-order valence-corrected chi connectivity index (χ3v) is 5.94. The van der Waals surface area contributed by atoms with E-state index in [-0.39, 0.29) is 4.90 Å². The number of hydroxylamine groups is 1. The lowest BCUT2D eigenvalue weighted by Gasteiger charge is -2.14. The fourth-order valence-electron chi connectivity index (χ4n) is 2.40. The fraction of sp³-hybridized carbons (Fsp3) is 0.562. The van der Waals surface area contributed by atoms with E-state index in [4.69, 9.17) is 4.28 Å². The molecule has 0 saturated heterocycles. The fourth-order valence-corrected chi connectivity index (χ4v) is 4.15. The average Bonchev–Trinajstić information content (AvgIpc) is 2.89. The number of unbranched alkanes of at least 4 members (excludes halogenated alkanes) is 1. The monoisotopic (exact) mass is 356 g/mol. The third kappa shape index (κ3) is 4.97. The number of rotatable bonds is 9. The molecule has 0 aliphatic rings. The summed E-state index contributed by atoms with van der Waals surface area (Å²) in [5.74, 6) is 0.428. The zero-order valence-corrected chi connectivity index (χ0v) is 15.5. The number of nitrogens with zero attached hydrogens (tertiary/aromatic N) is 1. The van der Waals surface area contributed by atoms with E-state index in [1.165, 1.54) is 17.4 Å². The molecule has 2 aromatic rings. The Morgan fingerprint density at radius 2 is 2.13 bits per heavy atom. The number of fused-ring (bicyclic) bond motifs is 1. The molecule has 23 heavy (non-hydrogen) atoms. The smallest absolute Gasteiger partial charge is 0.242 e. The maximum absolute atomic E-state index is 12.3. The highest BCUT2D eigenvalue weighted by molar-refractivity contribution is 7.86. The first-order valence-electron chi connectivity index (χ1n) is 7.99. The van der Waals surface area contributed by atoms with Gasteiger partial charge in [0.2, 0.25) is 0 Å². The molecule has 5 nitrogen and oxygen atoms in total. The zero-order chi connectivity index (χ0) is 16.9. The van der Waals surface area contributed by atoms with Crippen molar-refractivity contribution in [2.75, 3.05) is 6.54 Å². The van der Waals surface area contributed by atoms with Crippen LogP contribution in [0.1, 0.15) is 44.5 Å². The first-order chi connectivity index (χ1) is 11.0. The van der Waals surface area contributed by atoms with Crippen LogP contribution in [0.3, 0.4) is 0 Å². The molecule has 0 bridgehead atoms. The van der Waals surface area contributed by atoms with Crippen LogP contribution in [0, 0.1) is 12.8 Å². The van der Waals surface area contributed by atoms with Crippen LogP contribution in [-0.2, 0) is 14.4 Å². The summed E-state index contributed by atoms with van der Waals surface area (Å²) in [5, 5.41) is 0.912. The van der Waals surface area contributed by atoms with E-state index in [1.807, 2.05) is 6.92 Å². The van der Waals surface area contributed by atoms with Gasteiger partial charge >= 0.3 is 10.1 Å². The van der Waals surface area contributed by atoms with Crippen molar-refractivity contribution in [1.82, 2.24) is 10.5 Å². The molecule has 1 heterocycles. The summed E-state index contributed by atoms with van der Waals surface area (Å²) in [5.41, 5.74) is 3.45. The summed E-state index contributed by atoms with van der Waals surface area (Å²) < 4.78 is 30.4. The molecule has 0 spiro atoms. The Balaban J connectivity index is 1.99. The molecule has 2 rings (SSSR count). The number of benzene rings is 1. The molecule has 0 fully saturated rings. The van der Waals surface area contributed by atoms with Gasteiger partial charge in [0.15, 0.2) is 0 Å². The third-order valence-electron chi connectivity index (χ3n) is 3.84. The van der Waals surface area contributed by atoms with Crippen LogP contribution in [-0.4, -0.2) is 19.9 Å². The van der Waals surface area contributed by atoms with Gasteiger partial charge in [-0.1, -0.05) is 33.1 Å². The first kappa shape index (κ1) is 18.3. The van der Waals surface area contributed by atoms with Crippen molar-refractivity contribution in [1.29, 1.82) is 0 Å². The molecule has 7 heteroatoms. The van der Waals surface area contributed by atoms with Gasteiger partial charge in [0.1, 0.15) is 0 Å². The van der Waals surface area contributed by atoms with Gasteiger partial charge < -0.3 is 0 Å². The molecule has 0 aliphatic carbocycles. The Hall–Kier alpha value is -1.02. The van der Waals surface area contributed by atoms with Crippen LogP contribution in [0.15, 0.2) is 23.1 Å². The Morgan fingerprint density at radius 1 is 1.35 bits per heavy atom. The van der Waals surface area contributed by atoms with Crippen molar-refractivity contribution in [2.45, 2.75) is 51.3 Å². The summed E-state index contributed by atoms with van der Waals surface area (Å²) in [6, 6.07) is 4.86. The summed E-state index contributed by atoms with van der Waals surface area (Å²) in [6.45, 7) is 6.70. The Labute approximate surface area is 142 Å². The van der Waals surface area contributed by atoms with Crippen molar-refractivity contribution >= 4 is 31.7 Å². The van der Waals surface area contributed by atoms with Gasteiger partial charge in [-0.3, -0.25) is 0 Å². The zero-order valence-electron chi connectivity index (χ0n) is 13.8. The van der Waals surface area contributed by atoms with Gasteiger partial charge in [-0.2, -0.15) is 18.2 Å². The quantitative estimate of drug-likeness (QED) is 0.687. The van der Waals surface area contributed by atoms with E-state index in [2.05, 4.69) is 24.3 Å². The van der Waals surface area contributed by atoms with Gasteiger partial charge in [0, 0.05) is 6.54 Å². The first-order valence-corrected chi connectivity index (χ1v) is 10.2. The van der Waals surface area contributed by atoms with Gasteiger partial charge in [-0.15, -0.1) is 11.3 Å².